The molecular formula is C19H26ClN4O3+. The molecule has 1 atom stereocenters. The lowest BCUT2D eigenvalue weighted by Gasteiger charge is -2.34. The molecule has 0 spiro atoms. The fourth-order valence-electron chi connectivity index (χ4n) is 3.56. The first-order valence-electron chi connectivity index (χ1n) is 9.28. The number of carbonyl (C=O) groups excluding carboxylic acids is 1. The van der Waals surface area contributed by atoms with Crippen molar-refractivity contribution >= 4 is 17.5 Å². The van der Waals surface area contributed by atoms with Crippen LogP contribution in [0, 0.1) is 5.92 Å². The number of hydrogen-bond donors (Lipinski definition) is 1. The minimum Gasteiger partial charge on any atom is -0.340 e. The van der Waals surface area contributed by atoms with Gasteiger partial charge in [0.15, 0.2) is 0 Å². The van der Waals surface area contributed by atoms with Crippen LogP contribution in [0.4, 0.5) is 0 Å². The summed E-state index contributed by atoms with van der Waals surface area (Å²) < 4.78 is 5.94. The van der Waals surface area contributed by atoms with Gasteiger partial charge in [0.2, 0.25) is 0 Å². The molecule has 0 radical (unpaired) electrons. The van der Waals surface area contributed by atoms with Gasteiger partial charge in [0.05, 0.1) is 0 Å². The zero-order chi connectivity index (χ0) is 19.2. The van der Waals surface area contributed by atoms with Crippen molar-refractivity contribution in [3.05, 3.63) is 51.5 Å². The highest BCUT2D eigenvalue weighted by Gasteiger charge is 2.24. The second kappa shape index (κ2) is 9.19. The number of likely N-dealkylation sites (N-methyl/N-ethyl adjacent to an activating group) is 1. The monoisotopic (exact) mass is 393 g/mol. The van der Waals surface area contributed by atoms with Gasteiger partial charge in [-0.2, -0.15) is 0 Å². The summed E-state index contributed by atoms with van der Waals surface area (Å²) in [6.45, 7) is 3.92. The Hall–Kier alpha value is -2.12. The van der Waals surface area contributed by atoms with Crippen molar-refractivity contribution in [3.63, 3.8) is 0 Å². The molecule has 146 valence electrons. The van der Waals surface area contributed by atoms with E-state index in [0.29, 0.717) is 5.92 Å². The number of rotatable bonds is 7. The van der Waals surface area contributed by atoms with Crippen molar-refractivity contribution in [2.24, 2.45) is 5.92 Å². The molecule has 0 unspecified atom stereocenters. The smallest absolute Gasteiger partial charge is 0.340 e. The minimum atomic E-state index is -0.492. The number of benzene rings is 1. The minimum absolute atomic E-state index is 0.0460. The Morgan fingerprint density at radius 3 is 2.89 bits per heavy atom. The Bertz CT molecular complexity index is 802. The lowest BCUT2D eigenvalue weighted by atomic mass is 9.97. The zero-order valence-electron chi connectivity index (χ0n) is 15.6. The topological polar surface area (TPSA) is 73.4 Å². The summed E-state index contributed by atoms with van der Waals surface area (Å²) in [6, 6.07) is 8.02. The van der Waals surface area contributed by atoms with Crippen molar-refractivity contribution < 1.29 is 14.0 Å². The number of amides is 1. The van der Waals surface area contributed by atoms with Gasteiger partial charge >= 0.3 is 5.63 Å². The Labute approximate surface area is 163 Å². The number of carbonyl (C=O) groups is 1. The van der Waals surface area contributed by atoms with E-state index in [9.17, 15) is 9.59 Å². The molecule has 7 nitrogen and oxygen atoms in total. The summed E-state index contributed by atoms with van der Waals surface area (Å²) in [5, 5.41) is 3.17. The number of likely N-dealkylation sites (tertiary alicyclic amines) is 1. The van der Waals surface area contributed by atoms with Gasteiger partial charge < -0.3 is 9.80 Å². The maximum Gasteiger partial charge on any atom is 0.426 e. The van der Waals surface area contributed by atoms with Gasteiger partial charge in [-0.3, -0.25) is 9.32 Å². The summed E-state index contributed by atoms with van der Waals surface area (Å²) in [6.07, 6.45) is 4.52. The van der Waals surface area contributed by atoms with Crippen LogP contribution in [0.2, 0.25) is 5.02 Å². The first-order chi connectivity index (χ1) is 13.0. The fraction of sp³-hybridized carbons (Fsp3) is 0.526. The molecule has 0 saturated carbocycles. The molecule has 1 aromatic carbocycles. The molecule has 0 bridgehead atoms. The van der Waals surface area contributed by atoms with Crippen LogP contribution in [0.1, 0.15) is 18.4 Å². The van der Waals surface area contributed by atoms with E-state index in [4.69, 9.17) is 11.6 Å². The molecular weight excluding hydrogens is 368 g/mol. The molecule has 1 aromatic heterocycles. The highest BCUT2D eigenvalue weighted by Crippen LogP contribution is 2.18. The summed E-state index contributed by atoms with van der Waals surface area (Å²) in [4.78, 5) is 27.6. The van der Waals surface area contributed by atoms with Crippen LogP contribution in [0.25, 0.3) is 0 Å². The Kier molecular flexibility index (Phi) is 6.68. The third-order valence-corrected chi connectivity index (χ3v) is 5.27. The van der Waals surface area contributed by atoms with Crippen LogP contribution < -0.4 is 10.3 Å². The Balaban J connectivity index is 1.45. The molecule has 8 heteroatoms. The van der Waals surface area contributed by atoms with Gasteiger partial charge in [0.1, 0.15) is 0 Å². The van der Waals surface area contributed by atoms with E-state index >= 15 is 0 Å². The predicted molar refractivity (Wildman–Crippen MR) is 101 cm³/mol. The molecule has 1 saturated heterocycles. The molecule has 2 heterocycles. The molecule has 27 heavy (non-hydrogen) atoms. The number of hydrogen-bond acceptors (Lipinski definition) is 4. The standard InChI is InChI=1S/C19H25ClN4O3/c1-22(18(25)13-24-14-19(26)27-21-24)11-16-3-2-9-23(12-16)10-8-15-4-6-17(20)7-5-15/h4-7,14,16H,2-3,8-13H2,1H3/p+1/t16-/m1/s1. The molecule has 1 aliphatic heterocycles. The molecule has 1 amide bonds. The second-order valence-corrected chi connectivity index (χ2v) is 7.67. The van der Waals surface area contributed by atoms with E-state index in [-0.39, 0.29) is 12.5 Å². The van der Waals surface area contributed by atoms with Gasteiger partial charge in [-0.15, -0.1) is 0 Å². The van der Waals surface area contributed by atoms with Crippen LogP contribution in [0.3, 0.4) is 0 Å². The van der Waals surface area contributed by atoms with Crippen LogP contribution in [-0.2, 0) is 17.8 Å². The average molecular weight is 394 g/mol. The number of halogens is 1. The van der Waals surface area contributed by atoms with Crippen LogP contribution >= 0.6 is 11.6 Å². The zero-order valence-corrected chi connectivity index (χ0v) is 16.3. The highest BCUT2D eigenvalue weighted by atomic mass is 35.5. The summed E-state index contributed by atoms with van der Waals surface area (Å²) in [7, 11) is 1.81. The van der Waals surface area contributed by atoms with Crippen LogP contribution in [0.5, 0.6) is 0 Å². The number of nitrogens with zero attached hydrogens (tertiary/aromatic N) is 3. The Morgan fingerprint density at radius 2 is 2.19 bits per heavy atom. The summed E-state index contributed by atoms with van der Waals surface area (Å²) >= 11 is 5.94. The van der Waals surface area contributed by atoms with E-state index in [1.807, 2.05) is 19.2 Å². The van der Waals surface area contributed by atoms with Crippen molar-refractivity contribution in [2.75, 3.05) is 33.2 Å². The maximum absolute atomic E-state index is 12.3. The van der Waals surface area contributed by atoms with Gasteiger partial charge in [0, 0.05) is 31.7 Å². The van der Waals surface area contributed by atoms with Gasteiger partial charge in [-0.1, -0.05) is 28.4 Å². The molecule has 0 aliphatic carbocycles. The molecule has 3 rings (SSSR count). The van der Waals surface area contributed by atoms with Gasteiger partial charge in [0.25, 0.3) is 18.6 Å². The van der Waals surface area contributed by atoms with Crippen molar-refractivity contribution in [3.8, 4) is 0 Å². The molecule has 2 aromatic rings. The third-order valence-electron chi connectivity index (χ3n) is 5.02. The number of H-pyrrole nitrogens is 1. The second-order valence-electron chi connectivity index (χ2n) is 7.23. The lowest BCUT2D eigenvalue weighted by Crippen LogP contribution is -2.47. The quantitative estimate of drug-likeness (QED) is 0.720. The number of piperidine rings is 1. The molecule has 1 aliphatic rings. The summed E-state index contributed by atoms with van der Waals surface area (Å²) in [5.74, 6) is 0.418. The largest absolute Gasteiger partial charge is 0.426 e. The number of nitrogens with one attached hydrogen (secondary N) is 1. The van der Waals surface area contributed by atoms with E-state index in [1.54, 1.807) is 4.90 Å². The normalized spacial score (nSPS) is 17.8. The van der Waals surface area contributed by atoms with Gasteiger partial charge in [-0.05, 0) is 54.7 Å². The summed E-state index contributed by atoms with van der Waals surface area (Å²) in [5.41, 5.74) is 0.800. The predicted octanol–water partition coefficient (Wildman–Crippen LogP) is 1.32. The Morgan fingerprint density at radius 1 is 1.41 bits per heavy atom. The van der Waals surface area contributed by atoms with E-state index < -0.39 is 5.63 Å². The van der Waals surface area contributed by atoms with Crippen molar-refractivity contribution in [2.45, 2.75) is 25.8 Å². The van der Waals surface area contributed by atoms with E-state index in [0.717, 1.165) is 50.5 Å². The van der Waals surface area contributed by atoms with E-state index in [1.165, 1.54) is 16.4 Å². The van der Waals surface area contributed by atoms with Crippen LogP contribution in [-0.4, -0.2) is 54.2 Å². The highest BCUT2D eigenvalue weighted by molar-refractivity contribution is 6.30. The van der Waals surface area contributed by atoms with Crippen LogP contribution in [0.15, 0.2) is 39.8 Å². The molecule has 1 N–H and O–H groups in total. The lowest BCUT2D eigenvalue weighted by molar-refractivity contribution is -0.751. The number of aromatic nitrogens is 2. The van der Waals surface area contributed by atoms with Gasteiger partial charge in [-0.25, -0.2) is 4.79 Å². The third kappa shape index (κ3) is 5.94. The van der Waals surface area contributed by atoms with Crippen molar-refractivity contribution in [1.29, 1.82) is 0 Å². The first kappa shape index (κ1) is 19.6. The molecule has 1 fully saturated rings. The first-order valence-corrected chi connectivity index (χ1v) is 9.66. The SMILES string of the molecule is CN(C[C@H]1CCCN(CCc2ccc(Cl)cc2)C1)C(=O)C[n+]1cc(=O)o[nH]1. The fourth-order valence-corrected chi connectivity index (χ4v) is 3.68. The van der Waals surface area contributed by atoms with Crippen molar-refractivity contribution in [1.82, 2.24) is 15.1 Å². The maximum atomic E-state index is 12.3. The average Bonchev–Trinajstić information content (AvgIpc) is 3.06. The van der Waals surface area contributed by atoms with E-state index in [2.05, 4.69) is 26.8 Å². The number of aromatic amines is 1.